The highest BCUT2D eigenvalue weighted by atomic mass is 32.2. The van der Waals surface area contributed by atoms with E-state index in [1.807, 2.05) is 36.4 Å². The van der Waals surface area contributed by atoms with Crippen LogP contribution in [0.4, 0.5) is 5.69 Å². The van der Waals surface area contributed by atoms with Crippen molar-refractivity contribution in [1.82, 2.24) is 0 Å². The molecule has 0 fully saturated rings. The molecule has 0 spiro atoms. The van der Waals surface area contributed by atoms with Gasteiger partial charge in [-0.05, 0) is 48.5 Å². The van der Waals surface area contributed by atoms with Crippen LogP contribution in [-0.4, -0.2) is 47.9 Å². The summed E-state index contributed by atoms with van der Waals surface area (Å²) in [5, 5.41) is 12.8. The zero-order valence-corrected chi connectivity index (χ0v) is 15.8. The molecule has 0 aliphatic carbocycles. The molecule has 6 heteroatoms. The molecule has 2 aromatic carbocycles. The zero-order valence-electron chi connectivity index (χ0n) is 15.0. The van der Waals surface area contributed by atoms with E-state index in [-0.39, 0.29) is 0 Å². The number of ether oxygens (including phenoxy) is 2. The minimum Gasteiger partial charge on any atom is -0.493 e. The Morgan fingerprint density at radius 3 is 2.58 bits per heavy atom. The molecule has 2 aliphatic rings. The summed E-state index contributed by atoms with van der Waals surface area (Å²) in [5.41, 5.74) is 0.810. The number of hydrogen-bond donors (Lipinski definition) is 1. The highest BCUT2D eigenvalue weighted by molar-refractivity contribution is 8.13. The second-order valence-corrected chi connectivity index (χ2v) is 7.51. The van der Waals surface area contributed by atoms with E-state index >= 15 is 0 Å². The predicted molar refractivity (Wildman–Crippen MR) is 104 cm³/mol. The molecule has 1 atom stereocenters. The Morgan fingerprint density at radius 2 is 1.85 bits per heavy atom. The lowest BCUT2D eigenvalue weighted by atomic mass is 10.0. The first-order valence-electron chi connectivity index (χ1n) is 8.72. The summed E-state index contributed by atoms with van der Waals surface area (Å²) in [6.07, 6.45) is 1.05. The molecule has 26 heavy (non-hydrogen) atoms. The molecule has 0 aromatic heterocycles. The van der Waals surface area contributed by atoms with E-state index in [9.17, 15) is 5.11 Å². The number of hydrogen-bond acceptors (Lipinski definition) is 5. The van der Waals surface area contributed by atoms with Crippen LogP contribution in [0.3, 0.4) is 0 Å². The van der Waals surface area contributed by atoms with E-state index in [0.29, 0.717) is 18.0 Å². The van der Waals surface area contributed by atoms with Crippen LogP contribution in [0, 0.1) is 0 Å². The van der Waals surface area contributed by atoms with E-state index in [2.05, 4.69) is 21.6 Å². The summed E-state index contributed by atoms with van der Waals surface area (Å²) in [7, 11) is 3.23. The topological polar surface area (TPSA) is 44.9 Å². The number of anilines is 1. The second kappa shape index (κ2) is 6.85. The molecular weight excluding hydrogens is 348 g/mol. The molecule has 0 radical (unpaired) electrons. The number of thioether (sulfide) groups is 1. The Balaban J connectivity index is 1.79. The summed E-state index contributed by atoms with van der Waals surface area (Å²) >= 11 is 1.80. The van der Waals surface area contributed by atoms with Crippen molar-refractivity contribution in [2.75, 3.05) is 38.0 Å². The summed E-state index contributed by atoms with van der Waals surface area (Å²) in [6, 6.07) is 15.9. The Morgan fingerprint density at radius 1 is 1.08 bits per heavy atom. The zero-order chi connectivity index (χ0) is 18.1. The number of rotatable bonds is 4. The van der Waals surface area contributed by atoms with Crippen LogP contribution in [0.2, 0.25) is 0 Å². The standard InChI is InChI=1S/C20H23N2O3S/c1-24-17-10-9-15(13-18(17)25-2)20(23)14-21(16-7-4-3-5-8-16)19-22(20)11-6-12-26-19/h3-5,7-10,13,23H,6,11-12,14H2,1-2H3/q+1/t20-/m0/s1. The largest absolute Gasteiger partial charge is 0.493 e. The lowest BCUT2D eigenvalue weighted by Crippen LogP contribution is -2.41. The van der Waals surface area contributed by atoms with Gasteiger partial charge in [0.1, 0.15) is 5.69 Å². The molecule has 1 N–H and O–H groups in total. The average molecular weight is 371 g/mol. The summed E-state index contributed by atoms with van der Waals surface area (Å²) in [5.74, 6) is 2.36. The first kappa shape index (κ1) is 17.2. The summed E-state index contributed by atoms with van der Waals surface area (Å²) in [4.78, 5) is 2.21. The minimum atomic E-state index is -1.10. The van der Waals surface area contributed by atoms with Crippen molar-refractivity contribution >= 4 is 22.6 Å². The van der Waals surface area contributed by atoms with Crippen LogP contribution in [0.1, 0.15) is 12.0 Å². The fraction of sp³-hybridized carbons (Fsp3) is 0.350. The van der Waals surface area contributed by atoms with Crippen molar-refractivity contribution < 1.29 is 19.2 Å². The normalized spacial score (nSPS) is 22.3. The number of amidine groups is 1. The van der Waals surface area contributed by atoms with Gasteiger partial charge in [-0.25, -0.2) is 9.48 Å². The first-order chi connectivity index (χ1) is 12.7. The molecule has 2 aromatic rings. The van der Waals surface area contributed by atoms with Gasteiger partial charge in [0.2, 0.25) is 0 Å². The van der Waals surface area contributed by atoms with Gasteiger partial charge in [0.25, 0.3) is 5.72 Å². The Hall–Kier alpha value is -2.18. The fourth-order valence-corrected chi connectivity index (χ4v) is 4.82. The maximum absolute atomic E-state index is 11.7. The van der Waals surface area contributed by atoms with Gasteiger partial charge in [0.05, 0.1) is 20.8 Å². The lowest BCUT2D eigenvalue weighted by Gasteiger charge is -2.25. The third-order valence-corrected chi connectivity index (χ3v) is 6.15. The van der Waals surface area contributed by atoms with Gasteiger partial charge in [-0.3, -0.25) is 0 Å². The molecule has 2 heterocycles. The van der Waals surface area contributed by atoms with Gasteiger partial charge < -0.3 is 14.6 Å². The van der Waals surface area contributed by atoms with Crippen molar-refractivity contribution in [3.63, 3.8) is 0 Å². The molecule has 0 bridgehead atoms. The van der Waals surface area contributed by atoms with E-state index in [1.165, 1.54) is 0 Å². The van der Waals surface area contributed by atoms with Crippen molar-refractivity contribution in [3.8, 4) is 11.5 Å². The number of para-hydroxylation sites is 1. The maximum atomic E-state index is 11.7. The second-order valence-electron chi connectivity index (χ2n) is 6.44. The van der Waals surface area contributed by atoms with Crippen molar-refractivity contribution in [1.29, 1.82) is 0 Å². The van der Waals surface area contributed by atoms with Crippen LogP contribution < -0.4 is 14.4 Å². The fourth-order valence-electron chi connectivity index (χ4n) is 3.64. The number of methoxy groups -OCH3 is 2. The number of β-amino-alcohol motifs (C(OH)–C–C–N with tert-alkyl or cyclic N) is 1. The van der Waals surface area contributed by atoms with E-state index in [4.69, 9.17) is 9.47 Å². The molecule has 136 valence electrons. The SMILES string of the molecule is COc1ccc([C@@]2(O)CN(c3ccccc3)C3=[N+]2CCCS3)cc1OC. The number of benzene rings is 2. The number of aliphatic hydroxyl groups is 1. The molecule has 0 unspecified atom stereocenters. The van der Waals surface area contributed by atoms with Crippen LogP contribution in [0.25, 0.3) is 0 Å². The Bertz CT molecular complexity index is 840. The summed E-state index contributed by atoms with van der Waals surface area (Å²) in [6.45, 7) is 1.31. The molecule has 0 saturated heterocycles. The predicted octanol–water partition coefficient (Wildman–Crippen LogP) is 2.87. The average Bonchev–Trinajstić information content (AvgIpc) is 3.02. The third-order valence-electron chi connectivity index (χ3n) is 4.96. The third kappa shape index (κ3) is 2.73. The van der Waals surface area contributed by atoms with Crippen LogP contribution in [0.5, 0.6) is 11.5 Å². The van der Waals surface area contributed by atoms with Crippen LogP contribution >= 0.6 is 11.8 Å². The van der Waals surface area contributed by atoms with Gasteiger partial charge in [-0.15, -0.1) is 0 Å². The molecule has 2 aliphatic heterocycles. The van der Waals surface area contributed by atoms with E-state index in [1.54, 1.807) is 26.0 Å². The van der Waals surface area contributed by atoms with Crippen molar-refractivity contribution in [2.24, 2.45) is 0 Å². The monoisotopic (exact) mass is 371 g/mol. The minimum absolute atomic E-state index is 0.481. The van der Waals surface area contributed by atoms with Gasteiger partial charge in [-0.1, -0.05) is 18.2 Å². The lowest BCUT2D eigenvalue weighted by molar-refractivity contribution is -0.656. The molecule has 4 rings (SSSR count). The molecule has 0 amide bonds. The van der Waals surface area contributed by atoms with Gasteiger partial charge in [-0.2, -0.15) is 0 Å². The van der Waals surface area contributed by atoms with Crippen LogP contribution in [0.15, 0.2) is 48.5 Å². The van der Waals surface area contributed by atoms with Crippen molar-refractivity contribution in [3.05, 3.63) is 54.1 Å². The van der Waals surface area contributed by atoms with Gasteiger partial charge in [0.15, 0.2) is 18.0 Å². The van der Waals surface area contributed by atoms with Gasteiger partial charge >= 0.3 is 5.17 Å². The number of nitrogens with zero attached hydrogens (tertiary/aromatic N) is 2. The molecule has 0 saturated carbocycles. The molecule has 5 nitrogen and oxygen atoms in total. The highest BCUT2D eigenvalue weighted by Gasteiger charge is 2.53. The first-order valence-corrected chi connectivity index (χ1v) is 9.71. The maximum Gasteiger partial charge on any atom is 0.316 e. The quantitative estimate of drug-likeness (QED) is 0.838. The Kier molecular flexibility index (Phi) is 4.54. The summed E-state index contributed by atoms with van der Waals surface area (Å²) < 4.78 is 12.9. The smallest absolute Gasteiger partial charge is 0.316 e. The van der Waals surface area contributed by atoms with E-state index in [0.717, 1.165) is 35.1 Å². The van der Waals surface area contributed by atoms with E-state index < -0.39 is 5.72 Å². The van der Waals surface area contributed by atoms with Crippen LogP contribution in [-0.2, 0) is 5.72 Å². The van der Waals surface area contributed by atoms with Gasteiger partial charge in [0, 0.05) is 11.3 Å². The van der Waals surface area contributed by atoms with Crippen molar-refractivity contribution in [2.45, 2.75) is 12.1 Å². The highest BCUT2D eigenvalue weighted by Crippen LogP contribution is 2.40. The Labute approximate surface area is 157 Å². The molecular formula is C20H23N2O3S+.